The van der Waals surface area contributed by atoms with Gasteiger partial charge in [0.15, 0.2) is 0 Å². The van der Waals surface area contributed by atoms with E-state index < -0.39 is 0 Å². The van der Waals surface area contributed by atoms with Crippen molar-refractivity contribution in [2.45, 2.75) is 19.4 Å². The van der Waals surface area contributed by atoms with Gasteiger partial charge < -0.3 is 10.3 Å². The molecule has 0 spiro atoms. The first-order valence-corrected chi connectivity index (χ1v) is 8.23. The molecular weight excluding hydrogens is 316 g/mol. The smallest absolute Gasteiger partial charge is 0.100 e. The molecule has 25 heavy (non-hydrogen) atoms. The number of aliphatic hydroxyl groups is 1. The van der Waals surface area contributed by atoms with Gasteiger partial charge in [0.25, 0.3) is 0 Å². The normalized spacial score (nSPS) is 14.8. The highest BCUT2D eigenvalue weighted by molar-refractivity contribution is 6.04. The van der Waals surface area contributed by atoms with Crippen LogP contribution in [0.1, 0.15) is 17.5 Å². The van der Waals surface area contributed by atoms with Crippen molar-refractivity contribution >= 4 is 5.71 Å². The van der Waals surface area contributed by atoms with Crippen molar-refractivity contribution < 1.29 is 10.3 Å². The molecule has 3 aromatic rings. The van der Waals surface area contributed by atoms with E-state index in [2.05, 4.69) is 21.3 Å². The topological polar surface area (TPSA) is 83.5 Å². The minimum atomic E-state index is 0.0391. The van der Waals surface area contributed by atoms with Gasteiger partial charge in [0.05, 0.1) is 18.9 Å². The van der Waals surface area contributed by atoms with Crippen molar-refractivity contribution in [3.05, 3.63) is 60.0 Å². The standard InChI is InChI=1S/C19H18N4O2/c24-10-9-23-12-17(19(21-23)13-5-7-20-8-6-13)15-1-3-16-14(11-15)2-4-18(16)22-25/h1,3,5-8,11-12,24-25H,2,4,9-10H2/b22-18-. The van der Waals surface area contributed by atoms with Gasteiger partial charge in [0.1, 0.15) is 5.69 Å². The number of nitrogens with zero attached hydrogens (tertiary/aromatic N) is 4. The third-order valence-electron chi connectivity index (χ3n) is 4.52. The third-order valence-corrected chi connectivity index (χ3v) is 4.52. The zero-order valence-electron chi connectivity index (χ0n) is 13.6. The predicted octanol–water partition coefficient (Wildman–Crippen LogP) is 2.73. The summed E-state index contributed by atoms with van der Waals surface area (Å²) in [5.41, 5.74) is 6.86. The van der Waals surface area contributed by atoms with E-state index in [4.69, 9.17) is 5.21 Å². The van der Waals surface area contributed by atoms with E-state index in [-0.39, 0.29) is 6.61 Å². The Balaban J connectivity index is 1.82. The Labute approximate surface area is 145 Å². The van der Waals surface area contributed by atoms with Crippen molar-refractivity contribution in [3.63, 3.8) is 0 Å². The number of oxime groups is 1. The Bertz CT molecular complexity index is 932. The van der Waals surface area contributed by atoms with Crippen molar-refractivity contribution in [1.29, 1.82) is 0 Å². The van der Waals surface area contributed by atoms with E-state index >= 15 is 0 Å². The van der Waals surface area contributed by atoms with Crippen LogP contribution in [0.4, 0.5) is 0 Å². The monoisotopic (exact) mass is 334 g/mol. The van der Waals surface area contributed by atoms with Crippen LogP contribution in [0.5, 0.6) is 0 Å². The maximum absolute atomic E-state index is 9.24. The van der Waals surface area contributed by atoms with Gasteiger partial charge in [-0.1, -0.05) is 23.4 Å². The number of aliphatic hydroxyl groups excluding tert-OH is 1. The molecule has 6 nitrogen and oxygen atoms in total. The summed E-state index contributed by atoms with van der Waals surface area (Å²) in [7, 11) is 0. The van der Waals surface area contributed by atoms with Crippen molar-refractivity contribution in [2.24, 2.45) is 5.16 Å². The average molecular weight is 334 g/mol. The summed E-state index contributed by atoms with van der Waals surface area (Å²) in [6.07, 6.45) is 7.09. The number of aryl methyl sites for hydroxylation is 1. The van der Waals surface area contributed by atoms with Crippen LogP contribution in [-0.2, 0) is 13.0 Å². The second kappa shape index (κ2) is 6.49. The van der Waals surface area contributed by atoms with Crippen LogP contribution in [-0.4, -0.2) is 37.4 Å². The maximum Gasteiger partial charge on any atom is 0.100 e. The van der Waals surface area contributed by atoms with Gasteiger partial charge in [0, 0.05) is 35.3 Å². The summed E-state index contributed by atoms with van der Waals surface area (Å²) >= 11 is 0. The van der Waals surface area contributed by atoms with Crippen LogP contribution in [0.15, 0.2) is 54.1 Å². The largest absolute Gasteiger partial charge is 0.411 e. The Morgan fingerprint density at radius 1 is 1.04 bits per heavy atom. The van der Waals surface area contributed by atoms with Crippen LogP contribution >= 0.6 is 0 Å². The van der Waals surface area contributed by atoms with Gasteiger partial charge in [0.2, 0.25) is 0 Å². The molecule has 0 radical (unpaired) electrons. The summed E-state index contributed by atoms with van der Waals surface area (Å²) in [4.78, 5) is 4.07. The van der Waals surface area contributed by atoms with Gasteiger partial charge in [-0.15, -0.1) is 0 Å². The van der Waals surface area contributed by atoms with Gasteiger partial charge >= 0.3 is 0 Å². The molecule has 0 aliphatic heterocycles. The summed E-state index contributed by atoms with van der Waals surface area (Å²) in [5.74, 6) is 0. The van der Waals surface area contributed by atoms with Gasteiger partial charge in [-0.2, -0.15) is 5.10 Å². The molecule has 0 atom stereocenters. The fourth-order valence-corrected chi connectivity index (χ4v) is 3.31. The van der Waals surface area contributed by atoms with Gasteiger partial charge in [-0.05, 0) is 36.1 Å². The molecule has 4 rings (SSSR count). The van der Waals surface area contributed by atoms with E-state index in [1.165, 1.54) is 5.56 Å². The Hall–Kier alpha value is -2.99. The van der Waals surface area contributed by atoms with Gasteiger partial charge in [-0.25, -0.2) is 0 Å². The second-order valence-electron chi connectivity index (χ2n) is 6.03. The van der Waals surface area contributed by atoms with E-state index in [0.717, 1.165) is 46.5 Å². The third kappa shape index (κ3) is 2.81. The summed E-state index contributed by atoms with van der Waals surface area (Å²) in [6, 6.07) is 10.0. The van der Waals surface area contributed by atoms with Crippen LogP contribution in [0, 0.1) is 0 Å². The van der Waals surface area contributed by atoms with Crippen molar-refractivity contribution in [2.75, 3.05) is 6.61 Å². The molecule has 0 bridgehead atoms. The van der Waals surface area contributed by atoms with E-state index in [0.29, 0.717) is 6.54 Å². The fourth-order valence-electron chi connectivity index (χ4n) is 3.31. The van der Waals surface area contributed by atoms with Gasteiger partial charge in [-0.3, -0.25) is 9.67 Å². The number of rotatable bonds is 4. The zero-order valence-corrected chi connectivity index (χ0v) is 13.6. The quantitative estimate of drug-likeness (QED) is 0.568. The Kier molecular flexibility index (Phi) is 4.03. The van der Waals surface area contributed by atoms with Crippen LogP contribution in [0.3, 0.4) is 0 Å². The zero-order chi connectivity index (χ0) is 17.2. The number of hydrogen-bond acceptors (Lipinski definition) is 5. The molecule has 0 amide bonds. The number of hydrogen-bond donors (Lipinski definition) is 2. The number of pyridine rings is 1. The molecule has 0 fully saturated rings. The molecule has 126 valence electrons. The second-order valence-corrected chi connectivity index (χ2v) is 6.03. The first-order valence-electron chi connectivity index (χ1n) is 8.23. The van der Waals surface area contributed by atoms with Crippen LogP contribution < -0.4 is 0 Å². The Morgan fingerprint density at radius 2 is 1.88 bits per heavy atom. The van der Waals surface area contributed by atoms with Crippen LogP contribution in [0.2, 0.25) is 0 Å². The molecule has 6 heteroatoms. The molecule has 1 aliphatic rings. The van der Waals surface area contributed by atoms with E-state index in [1.54, 1.807) is 17.1 Å². The molecule has 0 unspecified atom stereocenters. The number of aromatic nitrogens is 3. The lowest BCUT2D eigenvalue weighted by atomic mass is 9.98. The lowest BCUT2D eigenvalue weighted by Gasteiger charge is -2.05. The predicted molar refractivity (Wildman–Crippen MR) is 94.6 cm³/mol. The van der Waals surface area contributed by atoms with Crippen LogP contribution in [0.25, 0.3) is 22.4 Å². The highest BCUT2D eigenvalue weighted by Crippen LogP contribution is 2.34. The summed E-state index contributed by atoms with van der Waals surface area (Å²) in [6.45, 7) is 0.488. The minimum Gasteiger partial charge on any atom is -0.411 e. The van der Waals surface area contributed by atoms with E-state index in [1.807, 2.05) is 30.5 Å². The van der Waals surface area contributed by atoms with Crippen molar-refractivity contribution in [1.82, 2.24) is 14.8 Å². The lowest BCUT2D eigenvalue weighted by molar-refractivity contribution is 0.269. The Morgan fingerprint density at radius 3 is 2.64 bits per heavy atom. The molecule has 2 aromatic heterocycles. The molecule has 0 saturated carbocycles. The molecular formula is C19H18N4O2. The molecule has 1 aliphatic carbocycles. The number of benzene rings is 1. The van der Waals surface area contributed by atoms with Crippen molar-refractivity contribution in [3.8, 4) is 22.4 Å². The first-order chi connectivity index (χ1) is 12.3. The molecule has 0 saturated heterocycles. The minimum absolute atomic E-state index is 0.0391. The summed E-state index contributed by atoms with van der Waals surface area (Å²) in [5, 5.41) is 26.4. The lowest BCUT2D eigenvalue weighted by Crippen LogP contribution is -2.02. The highest BCUT2D eigenvalue weighted by atomic mass is 16.4. The number of fused-ring (bicyclic) bond motifs is 1. The first kappa shape index (κ1) is 15.5. The molecule has 2 heterocycles. The highest BCUT2D eigenvalue weighted by Gasteiger charge is 2.20. The SMILES string of the molecule is OCCn1cc(-c2ccc3c(c2)CC/C3=N/O)c(-c2ccncc2)n1. The fraction of sp³-hybridized carbons (Fsp3) is 0.211. The maximum atomic E-state index is 9.24. The summed E-state index contributed by atoms with van der Waals surface area (Å²) < 4.78 is 1.76. The molecule has 1 aromatic carbocycles. The molecule has 2 N–H and O–H groups in total. The average Bonchev–Trinajstić information content (AvgIpc) is 3.26. The van der Waals surface area contributed by atoms with E-state index in [9.17, 15) is 5.11 Å².